The molecule has 0 spiro atoms. The van der Waals surface area contributed by atoms with Crippen LogP contribution in [0.5, 0.6) is 0 Å². The van der Waals surface area contributed by atoms with Gasteiger partial charge in [-0.2, -0.15) is 0 Å². The van der Waals surface area contributed by atoms with Crippen LogP contribution in [0.25, 0.3) is 10.9 Å². The van der Waals surface area contributed by atoms with Crippen molar-refractivity contribution in [2.24, 2.45) is 0 Å². The van der Waals surface area contributed by atoms with E-state index < -0.39 is 0 Å². The van der Waals surface area contributed by atoms with Crippen molar-refractivity contribution in [2.45, 2.75) is 18.9 Å². The first kappa shape index (κ1) is 19.4. The number of benzene rings is 2. The van der Waals surface area contributed by atoms with Gasteiger partial charge in [-0.3, -0.25) is 4.98 Å². The molecule has 2 heterocycles. The number of hydrogen-bond donors (Lipinski definition) is 2. The van der Waals surface area contributed by atoms with Gasteiger partial charge in [-0.15, -0.1) is 0 Å². The summed E-state index contributed by atoms with van der Waals surface area (Å²) < 4.78 is 0.997. The largest absolute Gasteiger partial charge is 0.371 e. The predicted octanol–water partition coefficient (Wildman–Crippen LogP) is 5.61. The molecule has 28 heavy (non-hydrogen) atoms. The highest BCUT2D eigenvalue weighted by molar-refractivity contribution is 9.10. The second-order valence-corrected chi connectivity index (χ2v) is 8.53. The quantitative estimate of drug-likeness (QED) is 0.482. The molecule has 1 aliphatic rings. The van der Waals surface area contributed by atoms with Gasteiger partial charge in [-0.05, 0) is 77.4 Å². The Balaban J connectivity index is 1.38. The van der Waals surface area contributed by atoms with E-state index in [1.807, 2.05) is 48.7 Å². The Hall–Kier alpha value is -1.89. The molecule has 2 aromatic carbocycles. The van der Waals surface area contributed by atoms with Gasteiger partial charge in [0.1, 0.15) is 0 Å². The highest BCUT2D eigenvalue weighted by atomic mass is 79.9. The standard InChI is InChI=1S/C21H20BrClN4S/c22-17-3-1-2-4-19(17)26-21(28)25-15-8-11-27(12-9-15)20-7-10-24-18-6-5-14(23)13-16(18)20/h1-7,10,13,15H,8-9,11-12H2,(H2,25,26,28). The zero-order valence-corrected chi connectivity index (χ0v) is 18.3. The molecule has 0 aliphatic carbocycles. The third-order valence-electron chi connectivity index (χ3n) is 4.97. The van der Waals surface area contributed by atoms with Crippen molar-refractivity contribution in [3.8, 4) is 0 Å². The Labute approximate surface area is 183 Å². The molecule has 0 unspecified atom stereocenters. The van der Waals surface area contributed by atoms with E-state index in [9.17, 15) is 0 Å². The number of pyridine rings is 1. The number of nitrogens with zero attached hydrogens (tertiary/aromatic N) is 2. The van der Waals surface area contributed by atoms with Crippen LogP contribution in [-0.2, 0) is 0 Å². The Morgan fingerprint density at radius 1 is 1.14 bits per heavy atom. The molecule has 4 nitrogen and oxygen atoms in total. The minimum absolute atomic E-state index is 0.357. The summed E-state index contributed by atoms with van der Waals surface area (Å²) in [6.45, 7) is 1.92. The molecule has 0 radical (unpaired) electrons. The van der Waals surface area contributed by atoms with Gasteiger partial charge >= 0.3 is 0 Å². The van der Waals surface area contributed by atoms with E-state index in [0.29, 0.717) is 11.2 Å². The second-order valence-electron chi connectivity index (χ2n) is 6.83. The lowest BCUT2D eigenvalue weighted by molar-refractivity contribution is 0.468. The van der Waals surface area contributed by atoms with Gasteiger partial charge in [0.2, 0.25) is 0 Å². The second kappa shape index (κ2) is 8.64. The van der Waals surface area contributed by atoms with Crippen LogP contribution >= 0.6 is 39.7 Å². The van der Waals surface area contributed by atoms with E-state index in [0.717, 1.165) is 52.0 Å². The Morgan fingerprint density at radius 3 is 2.71 bits per heavy atom. The fourth-order valence-corrected chi connectivity index (χ4v) is 4.38. The number of anilines is 2. The van der Waals surface area contributed by atoms with E-state index in [1.54, 1.807) is 0 Å². The number of piperidine rings is 1. The summed E-state index contributed by atoms with van der Waals surface area (Å²) in [4.78, 5) is 6.86. The van der Waals surface area contributed by atoms with Crippen molar-refractivity contribution in [2.75, 3.05) is 23.3 Å². The van der Waals surface area contributed by atoms with Crippen LogP contribution in [0.4, 0.5) is 11.4 Å². The molecule has 0 atom stereocenters. The van der Waals surface area contributed by atoms with Crippen LogP contribution in [0, 0.1) is 0 Å². The average molecular weight is 476 g/mol. The third kappa shape index (κ3) is 4.40. The number of rotatable bonds is 3. The third-order valence-corrected chi connectivity index (χ3v) is 6.12. The summed E-state index contributed by atoms with van der Waals surface area (Å²) in [7, 11) is 0. The van der Waals surface area contributed by atoms with Crippen LogP contribution in [0.15, 0.2) is 59.2 Å². The molecule has 144 valence electrons. The number of fused-ring (bicyclic) bond motifs is 1. The molecule has 1 fully saturated rings. The number of para-hydroxylation sites is 1. The number of nitrogens with one attached hydrogen (secondary N) is 2. The summed E-state index contributed by atoms with van der Waals surface area (Å²) in [6.07, 6.45) is 3.90. The summed E-state index contributed by atoms with van der Waals surface area (Å²) in [6, 6.07) is 16.3. The van der Waals surface area contributed by atoms with Gasteiger partial charge in [-0.1, -0.05) is 23.7 Å². The Kier molecular flexibility index (Phi) is 5.99. The van der Waals surface area contributed by atoms with Crippen molar-refractivity contribution >= 4 is 67.1 Å². The molecule has 0 saturated carbocycles. The van der Waals surface area contributed by atoms with Crippen molar-refractivity contribution in [1.82, 2.24) is 10.3 Å². The van der Waals surface area contributed by atoms with Crippen LogP contribution in [0.1, 0.15) is 12.8 Å². The Morgan fingerprint density at radius 2 is 1.93 bits per heavy atom. The lowest BCUT2D eigenvalue weighted by atomic mass is 10.0. The highest BCUT2D eigenvalue weighted by Crippen LogP contribution is 2.30. The number of hydrogen-bond acceptors (Lipinski definition) is 3. The van der Waals surface area contributed by atoms with E-state index in [4.69, 9.17) is 23.8 Å². The van der Waals surface area contributed by atoms with Crippen molar-refractivity contribution in [1.29, 1.82) is 0 Å². The highest BCUT2D eigenvalue weighted by Gasteiger charge is 2.21. The summed E-state index contributed by atoms with van der Waals surface area (Å²) in [5.74, 6) is 0. The molecule has 1 aliphatic heterocycles. The van der Waals surface area contributed by atoms with Gasteiger partial charge in [0.25, 0.3) is 0 Å². The van der Waals surface area contributed by atoms with Gasteiger partial charge in [0.05, 0.1) is 11.2 Å². The molecule has 1 aromatic heterocycles. The molecule has 4 rings (SSSR count). The van der Waals surface area contributed by atoms with Crippen LogP contribution < -0.4 is 15.5 Å². The molecule has 2 N–H and O–H groups in total. The fraction of sp³-hybridized carbons (Fsp3) is 0.238. The van der Waals surface area contributed by atoms with E-state index in [2.05, 4.69) is 42.5 Å². The zero-order chi connectivity index (χ0) is 19.5. The zero-order valence-electron chi connectivity index (χ0n) is 15.2. The smallest absolute Gasteiger partial charge is 0.171 e. The SMILES string of the molecule is S=C(Nc1ccccc1Br)NC1CCN(c2ccnc3ccc(Cl)cc23)CC1. The minimum Gasteiger partial charge on any atom is -0.371 e. The molecule has 1 saturated heterocycles. The molecular weight excluding hydrogens is 456 g/mol. The van der Waals surface area contributed by atoms with Crippen molar-refractivity contribution in [3.05, 3.63) is 64.2 Å². The van der Waals surface area contributed by atoms with Crippen molar-refractivity contribution in [3.63, 3.8) is 0 Å². The lowest BCUT2D eigenvalue weighted by Crippen LogP contribution is -2.46. The van der Waals surface area contributed by atoms with Crippen LogP contribution in [-0.4, -0.2) is 29.2 Å². The van der Waals surface area contributed by atoms with Gasteiger partial charge < -0.3 is 15.5 Å². The maximum Gasteiger partial charge on any atom is 0.171 e. The lowest BCUT2D eigenvalue weighted by Gasteiger charge is -2.35. The van der Waals surface area contributed by atoms with Gasteiger partial charge in [0, 0.05) is 45.9 Å². The van der Waals surface area contributed by atoms with Crippen LogP contribution in [0.3, 0.4) is 0 Å². The minimum atomic E-state index is 0.357. The first-order valence-corrected chi connectivity index (χ1v) is 10.8. The van der Waals surface area contributed by atoms with Crippen LogP contribution in [0.2, 0.25) is 5.02 Å². The fourth-order valence-electron chi connectivity index (χ4n) is 3.55. The predicted molar refractivity (Wildman–Crippen MR) is 125 cm³/mol. The average Bonchev–Trinajstić information content (AvgIpc) is 2.70. The number of halogens is 2. The van der Waals surface area contributed by atoms with E-state index >= 15 is 0 Å². The molecule has 3 aromatic rings. The van der Waals surface area contributed by atoms with Crippen molar-refractivity contribution < 1.29 is 0 Å². The molecule has 0 amide bonds. The first-order valence-electron chi connectivity index (χ1n) is 9.21. The molecular formula is C21H20BrClN4S. The summed E-state index contributed by atoms with van der Waals surface area (Å²) in [5.41, 5.74) is 3.14. The normalized spacial score (nSPS) is 14.9. The first-order chi connectivity index (χ1) is 13.6. The summed E-state index contributed by atoms with van der Waals surface area (Å²) >= 11 is 15.2. The topological polar surface area (TPSA) is 40.2 Å². The summed E-state index contributed by atoms with van der Waals surface area (Å²) in [5, 5.41) is 9.22. The van der Waals surface area contributed by atoms with E-state index in [1.165, 1.54) is 5.69 Å². The van der Waals surface area contributed by atoms with Gasteiger partial charge in [0.15, 0.2) is 5.11 Å². The van der Waals surface area contributed by atoms with E-state index in [-0.39, 0.29) is 0 Å². The Bertz CT molecular complexity index is 1000. The molecule has 0 bridgehead atoms. The number of aromatic nitrogens is 1. The monoisotopic (exact) mass is 474 g/mol. The number of thiocarbonyl (C=S) groups is 1. The maximum absolute atomic E-state index is 6.21. The molecule has 7 heteroatoms. The maximum atomic E-state index is 6.21. The van der Waals surface area contributed by atoms with Gasteiger partial charge in [-0.25, -0.2) is 0 Å².